The second-order valence-electron chi connectivity index (χ2n) is 5.24. The minimum absolute atomic E-state index is 0.697. The molecule has 1 heterocycles. The van der Waals surface area contributed by atoms with Crippen molar-refractivity contribution in [3.8, 4) is 0 Å². The molecule has 0 aromatic carbocycles. The molecule has 1 aromatic rings. The van der Waals surface area contributed by atoms with Gasteiger partial charge in [-0.05, 0) is 43.9 Å². The first-order valence-corrected chi connectivity index (χ1v) is 7.16. The van der Waals surface area contributed by atoms with Crippen LogP contribution < -0.4 is 5.32 Å². The molecule has 1 aromatic heterocycles. The Kier molecular flexibility index (Phi) is 5.11. The molecular formula is C15H25NO. The SMILES string of the molecule is CCCNC1CCCCCC1Cc1ccco1. The molecule has 2 rings (SSSR count). The van der Waals surface area contributed by atoms with E-state index in [2.05, 4.69) is 18.3 Å². The first kappa shape index (κ1) is 12.7. The summed E-state index contributed by atoms with van der Waals surface area (Å²) in [5.74, 6) is 1.91. The van der Waals surface area contributed by atoms with Crippen LogP contribution in [-0.2, 0) is 6.42 Å². The van der Waals surface area contributed by atoms with E-state index in [9.17, 15) is 0 Å². The summed E-state index contributed by atoms with van der Waals surface area (Å²) >= 11 is 0. The fourth-order valence-corrected chi connectivity index (χ4v) is 2.91. The van der Waals surface area contributed by atoms with Crippen LogP contribution in [0.2, 0.25) is 0 Å². The highest BCUT2D eigenvalue weighted by molar-refractivity contribution is 5.00. The fraction of sp³-hybridized carbons (Fsp3) is 0.733. The van der Waals surface area contributed by atoms with Crippen molar-refractivity contribution in [3.05, 3.63) is 24.2 Å². The summed E-state index contributed by atoms with van der Waals surface area (Å²) < 4.78 is 5.50. The normalized spacial score (nSPS) is 25.7. The van der Waals surface area contributed by atoms with Gasteiger partial charge in [0.2, 0.25) is 0 Å². The van der Waals surface area contributed by atoms with Gasteiger partial charge < -0.3 is 9.73 Å². The molecule has 1 saturated carbocycles. The molecule has 1 aliphatic carbocycles. The third kappa shape index (κ3) is 3.88. The molecule has 0 spiro atoms. The molecule has 2 nitrogen and oxygen atoms in total. The lowest BCUT2D eigenvalue weighted by Crippen LogP contribution is -2.37. The van der Waals surface area contributed by atoms with Crippen molar-refractivity contribution in [2.75, 3.05) is 6.54 Å². The molecule has 2 unspecified atom stereocenters. The molecule has 1 N–H and O–H groups in total. The standard InChI is InChI=1S/C15H25NO/c1-2-10-16-15-9-5-3-4-7-13(15)12-14-8-6-11-17-14/h6,8,11,13,15-16H,2-5,7,9-10,12H2,1H3. The summed E-state index contributed by atoms with van der Waals surface area (Å²) in [7, 11) is 0. The van der Waals surface area contributed by atoms with Crippen LogP contribution in [0.3, 0.4) is 0 Å². The van der Waals surface area contributed by atoms with Crippen molar-refractivity contribution in [1.29, 1.82) is 0 Å². The molecule has 0 amide bonds. The van der Waals surface area contributed by atoms with Crippen molar-refractivity contribution in [3.63, 3.8) is 0 Å². The Morgan fingerprint density at radius 3 is 2.94 bits per heavy atom. The third-order valence-electron chi connectivity index (χ3n) is 3.86. The molecule has 0 saturated heterocycles. The quantitative estimate of drug-likeness (QED) is 0.786. The first-order valence-electron chi connectivity index (χ1n) is 7.16. The van der Waals surface area contributed by atoms with E-state index in [-0.39, 0.29) is 0 Å². The highest BCUT2D eigenvalue weighted by Gasteiger charge is 2.23. The summed E-state index contributed by atoms with van der Waals surface area (Å²) in [4.78, 5) is 0. The maximum Gasteiger partial charge on any atom is 0.104 e. The third-order valence-corrected chi connectivity index (χ3v) is 3.86. The van der Waals surface area contributed by atoms with Gasteiger partial charge in [0.1, 0.15) is 5.76 Å². The van der Waals surface area contributed by atoms with Crippen LogP contribution in [0.4, 0.5) is 0 Å². The molecule has 2 atom stereocenters. The van der Waals surface area contributed by atoms with E-state index in [0.717, 1.165) is 24.6 Å². The topological polar surface area (TPSA) is 25.2 Å². The van der Waals surface area contributed by atoms with Gasteiger partial charge in [-0.1, -0.05) is 26.2 Å². The lowest BCUT2D eigenvalue weighted by molar-refractivity contribution is 0.314. The zero-order valence-electron chi connectivity index (χ0n) is 11.0. The van der Waals surface area contributed by atoms with Gasteiger partial charge in [-0.2, -0.15) is 0 Å². The summed E-state index contributed by atoms with van der Waals surface area (Å²) in [5, 5.41) is 3.73. The van der Waals surface area contributed by atoms with Crippen LogP contribution in [0.15, 0.2) is 22.8 Å². The van der Waals surface area contributed by atoms with Crippen LogP contribution in [0.5, 0.6) is 0 Å². The van der Waals surface area contributed by atoms with Crippen molar-refractivity contribution < 1.29 is 4.42 Å². The summed E-state index contributed by atoms with van der Waals surface area (Å²) in [6.45, 7) is 3.39. The zero-order chi connectivity index (χ0) is 11.9. The Morgan fingerprint density at radius 1 is 1.29 bits per heavy atom. The van der Waals surface area contributed by atoms with Crippen LogP contribution >= 0.6 is 0 Å². The fourth-order valence-electron chi connectivity index (χ4n) is 2.91. The van der Waals surface area contributed by atoms with Gasteiger partial charge in [0.05, 0.1) is 6.26 Å². The summed E-state index contributed by atoms with van der Waals surface area (Å²) in [6.07, 6.45) is 11.0. The van der Waals surface area contributed by atoms with Crippen LogP contribution in [0, 0.1) is 5.92 Å². The van der Waals surface area contributed by atoms with Crippen LogP contribution in [0.1, 0.15) is 51.2 Å². The second-order valence-corrected chi connectivity index (χ2v) is 5.24. The van der Waals surface area contributed by atoms with Gasteiger partial charge in [0.25, 0.3) is 0 Å². The number of hydrogen-bond acceptors (Lipinski definition) is 2. The average Bonchev–Trinajstić information content (AvgIpc) is 2.74. The smallest absolute Gasteiger partial charge is 0.104 e. The van der Waals surface area contributed by atoms with Crippen molar-refractivity contribution in [2.24, 2.45) is 5.92 Å². The largest absolute Gasteiger partial charge is 0.469 e. The minimum Gasteiger partial charge on any atom is -0.469 e. The Hall–Kier alpha value is -0.760. The molecule has 0 bridgehead atoms. The number of hydrogen-bond donors (Lipinski definition) is 1. The average molecular weight is 235 g/mol. The van der Waals surface area contributed by atoms with Crippen LogP contribution in [-0.4, -0.2) is 12.6 Å². The molecule has 2 heteroatoms. The van der Waals surface area contributed by atoms with E-state index in [4.69, 9.17) is 4.42 Å². The Morgan fingerprint density at radius 2 is 2.18 bits per heavy atom. The maximum atomic E-state index is 5.50. The highest BCUT2D eigenvalue weighted by Crippen LogP contribution is 2.26. The van der Waals surface area contributed by atoms with Crippen molar-refractivity contribution in [1.82, 2.24) is 5.32 Å². The van der Waals surface area contributed by atoms with E-state index in [0.29, 0.717) is 6.04 Å². The van der Waals surface area contributed by atoms with Gasteiger partial charge in [0.15, 0.2) is 0 Å². The Labute approximate surface area is 105 Å². The Bertz CT molecular complexity index is 294. The zero-order valence-corrected chi connectivity index (χ0v) is 11.0. The van der Waals surface area contributed by atoms with Gasteiger partial charge >= 0.3 is 0 Å². The summed E-state index contributed by atoms with van der Waals surface area (Å²) in [6, 6.07) is 4.81. The Balaban J connectivity index is 1.93. The predicted molar refractivity (Wildman–Crippen MR) is 71.1 cm³/mol. The minimum atomic E-state index is 0.697. The van der Waals surface area contributed by atoms with Gasteiger partial charge in [0, 0.05) is 12.5 Å². The number of rotatable bonds is 5. The number of nitrogens with one attached hydrogen (secondary N) is 1. The molecule has 17 heavy (non-hydrogen) atoms. The lowest BCUT2D eigenvalue weighted by atomic mass is 9.90. The molecule has 0 radical (unpaired) electrons. The van der Waals surface area contributed by atoms with E-state index >= 15 is 0 Å². The predicted octanol–water partition coefficient (Wildman–Crippen LogP) is 3.77. The second kappa shape index (κ2) is 6.85. The van der Waals surface area contributed by atoms with Crippen molar-refractivity contribution >= 4 is 0 Å². The van der Waals surface area contributed by atoms with Crippen molar-refractivity contribution in [2.45, 2.75) is 57.9 Å². The molecule has 1 fully saturated rings. The van der Waals surface area contributed by atoms with Gasteiger partial charge in [-0.15, -0.1) is 0 Å². The lowest BCUT2D eigenvalue weighted by Gasteiger charge is -2.25. The molecule has 0 aliphatic heterocycles. The van der Waals surface area contributed by atoms with E-state index in [1.54, 1.807) is 6.26 Å². The molecular weight excluding hydrogens is 210 g/mol. The monoisotopic (exact) mass is 235 g/mol. The highest BCUT2D eigenvalue weighted by atomic mass is 16.3. The van der Waals surface area contributed by atoms with Gasteiger partial charge in [-0.25, -0.2) is 0 Å². The van der Waals surface area contributed by atoms with E-state index in [1.807, 2.05) is 6.07 Å². The maximum absolute atomic E-state index is 5.50. The van der Waals surface area contributed by atoms with Gasteiger partial charge in [-0.3, -0.25) is 0 Å². The summed E-state index contributed by atoms with van der Waals surface area (Å²) in [5.41, 5.74) is 0. The molecule has 96 valence electrons. The van der Waals surface area contributed by atoms with E-state index in [1.165, 1.54) is 38.5 Å². The number of furan rings is 1. The molecule has 1 aliphatic rings. The van der Waals surface area contributed by atoms with E-state index < -0.39 is 0 Å². The van der Waals surface area contributed by atoms with Crippen LogP contribution in [0.25, 0.3) is 0 Å². The first-order chi connectivity index (χ1) is 8.40.